The van der Waals surface area contributed by atoms with E-state index in [1.54, 1.807) is 11.3 Å². The van der Waals surface area contributed by atoms with Gasteiger partial charge in [-0.3, -0.25) is 4.79 Å². The average Bonchev–Trinajstić information content (AvgIpc) is 2.60. The highest BCUT2D eigenvalue weighted by molar-refractivity contribution is 7.10. The van der Waals surface area contributed by atoms with Gasteiger partial charge >= 0.3 is 0 Å². The van der Waals surface area contributed by atoms with E-state index in [1.807, 2.05) is 5.51 Å². The van der Waals surface area contributed by atoms with Gasteiger partial charge in [-0.1, -0.05) is 13.8 Å². The molecule has 16 heavy (non-hydrogen) atoms. The number of Topliss-reactive ketones (excluding diaryl/α,β-unsaturated/α-hetero) is 1. The molecule has 2 aliphatic rings. The fraction of sp³-hybridized carbons (Fsp3) is 0.500. The normalized spacial score (nSPS) is 22.5. The Labute approximate surface area is 98.6 Å². The van der Waals surface area contributed by atoms with Gasteiger partial charge in [-0.05, 0) is 11.8 Å². The minimum Gasteiger partial charge on any atom is -0.342 e. The Hall–Kier alpha value is -1.16. The van der Waals surface area contributed by atoms with E-state index in [4.69, 9.17) is 0 Å². The molecule has 3 nitrogen and oxygen atoms in total. The van der Waals surface area contributed by atoms with E-state index in [0.717, 1.165) is 29.9 Å². The molecule has 4 heteroatoms. The van der Waals surface area contributed by atoms with Crippen LogP contribution < -0.4 is 5.32 Å². The molecule has 1 aromatic rings. The van der Waals surface area contributed by atoms with Crippen LogP contribution in [-0.4, -0.2) is 10.8 Å². The van der Waals surface area contributed by atoms with Gasteiger partial charge in [-0.15, -0.1) is 11.3 Å². The highest BCUT2D eigenvalue weighted by Crippen LogP contribution is 2.41. The third-order valence-corrected chi connectivity index (χ3v) is 4.08. The molecule has 0 aromatic carbocycles. The zero-order chi connectivity index (χ0) is 11.3. The first-order valence-corrected chi connectivity index (χ1v) is 6.38. The smallest absolute Gasteiger partial charge is 0.161 e. The lowest BCUT2D eigenvalue weighted by molar-refractivity contribution is -0.118. The van der Waals surface area contributed by atoms with Gasteiger partial charge in [0.2, 0.25) is 0 Å². The van der Waals surface area contributed by atoms with Crippen LogP contribution in [0.1, 0.15) is 31.6 Å². The van der Waals surface area contributed by atoms with Gasteiger partial charge in [-0.25, -0.2) is 4.98 Å². The van der Waals surface area contributed by atoms with Gasteiger partial charge in [0.25, 0.3) is 0 Å². The summed E-state index contributed by atoms with van der Waals surface area (Å²) >= 11 is 1.62. The summed E-state index contributed by atoms with van der Waals surface area (Å²) in [6.07, 6.45) is 2.39. The van der Waals surface area contributed by atoms with Gasteiger partial charge in [0.1, 0.15) is 5.82 Å². The van der Waals surface area contributed by atoms with Crippen molar-refractivity contribution in [1.82, 2.24) is 4.98 Å². The maximum Gasteiger partial charge on any atom is 0.161 e. The molecule has 0 spiro atoms. The molecule has 0 amide bonds. The molecule has 1 N–H and O–H groups in total. The monoisotopic (exact) mass is 234 g/mol. The number of anilines is 1. The van der Waals surface area contributed by atoms with Crippen molar-refractivity contribution < 1.29 is 4.79 Å². The van der Waals surface area contributed by atoms with E-state index in [-0.39, 0.29) is 5.41 Å². The molecule has 0 radical (unpaired) electrons. The zero-order valence-corrected chi connectivity index (χ0v) is 10.3. The number of allylic oxidation sites excluding steroid dienone is 2. The number of rotatable bonds is 0. The minimum absolute atomic E-state index is 0.0798. The van der Waals surface area contributed by atoms with Crippen LogP contribution >= 0.6 is 11.3 Å². The number of hydrogen-bond donors (Lipinski definition) is 1. The second kappa shape index (κ2) is 3.17. The van der Waals surface area contributed by atoms with Crippen molar-refractivity contribution in [2.75, 3.05) is 5.32 Å². The van der Waals surface area contributed by atoms with Gasteiger partial charge in [0.05, 0.1) is 10.4 Å². The number of hydrogen-bond acceptors (Lipinski definition) is 4. The predicted molar refractivity (Wildman–Crippen MR) is 64.5 cm³/mol. The molecule has 0 bridgehead atoms. The molecule has 0 saturated heterocycles. The van der Waals surface area contributed by atoms with Crippen molar-refractivity contribution in [3.8, 4) is 0 Å². The van der Waals surface area contributed by atoms with Crippen LogP contribution in [0.3, 0.4) is 0 Å². The molecule has 1 aliphatic heterocycles. The Morgan fingerprint density at radius 1 is 1.44 bits per heavy atom. The Balaban J connectivity index is 2.01. The van der Waals surface area contributed by atoms with Crippen LogP contribution in [0.25, 0.3) is 0 Å². The highest BCUT2D eigenvalue weighted by atomic mass is 32.1. The van der Waals surface area contributed by atoms with Gasteiger partial charge in [-0.2, -0.15) is 0 Å². The summed E-state index contributed by atoms with van der Waals surface area (Å²) in [6.45, 7) is 4.29. The molecule has 1 aromatic heterocycles. The molecule has 84 valence electrons. The molecular weight excluding hydrogens is 220 g/mol. The lowest BCUT2D eigenvalue weighted by Gasteiger charge is -2.34. The van der Waals surface area contributed by atoms with Crippen molar-refractivity contribution in [1.29, 1.82) is 0 Å². The molecular formula is C12H14N2OS. The molecule has 2 heterocycles. The molecule has 3 rings (SSSR count). The van der Waals surface area contributed by atoms with E-state index in [2.05, 4.69) is 24.1 Å². The summed E-state index contributed by atoms with van der Waals surface area (Å²) in [7, 11) is 0. The molecule has 0 unspecified atom stereocenters. The standard InChI is InChI=1S/C12H14N2OS/c1-12(2)4-8-7(9(15)5-12)3-10-11(14-8)13-6-16-10/h6,14H,3-5H2,1-2H3. The van der Waals surface area contributed by atoms with E-state index < -0.39 is 0 Å². The number of nitrogens with one attached hydrogen (secondary N) is 1. The van der Waals surface area contributed by atoms with Crippen molar-refractivity contribution in [3.05, 3.63) is 21.7 Å². The summed E-state index contributed by atoms with van der Waals surface area (Å²) in [5.41, 5.74) is 4.00. The first-order valence-electron chi connectivity index (χ1n) is 5.50. The van der Waals surface area contributed by atoms with Crippen LogP contribution in [0.15, 0.2) is 16.8 Å². The molecule has 0 saturated carbocycles. The topological polar surface area (TPSA) is 42.0 Å². The first-order chi connectivity index (χ1) is 7.55. The fourth-order valence-electron chi connectivity index (χ4n) is 2.48. The average molecular weight is 234 g/mol. The largest absolute Gasteiger partial charge is 0.342 e. The number of carbonyl (C=O) groups excluding carboxylic acids is 1. The van der Waals surface area contributed by atoms with Crippen LogP contribution in [0.2, 0.25) is 0 Å². The summed E-state index contributed by atoms with van der Waals surface area (Å²) < 4.78 is 0. The fourth-order valence-corrected chi connectivity index (χ4v) is 3.21. The van der Waals surface area contributed by atoms with Crippen LogP contribution in [0.5, 0.6) is 0 Å². The van der Waals surface area contributed by atoms with E-state index in [1.165, 1.54) is 4.88 Å². The van der Waals surface area contributed by atoms with Crippen LogP contribution in [0, 0.1) is 5.41 Å². The number of aromatic nitrogens is 1. The number of fused-ring (bicyclic) bond motifs is 1. The number of thiazole rings is 1. The Kier molecular flexibility index (Phi) is 1.98. The number of nitrogens with zero attached hydrogens (tertiary/aromatic N) is 1. The lowest BCUT2D eigenvalue weighted by Crippen LogP contribution is -2.31. The molecule has 1 aliphatic carbocycles. The number of ketones is 1. The van der Waals surface area contributed by atoms with Crippen LogP contribution in [0.4, 0.5) is 5.82 Å². The third-order valence-electron chi connectivity index (χ3n) is 3.24. The second-order valence-corrected chi connectivity index (χ2v) is 6.26. The number of carbonyl (C=O) groups is 1. The maximum atomic E-state index is 12.1. The molecule has 0 atom stereocenters. The summed E-state index contributed by atoms with van der Waals surface area (Å²) in [6, 6.07) is 0. The third kappa shape index (κ3) is 1.48. The SMILES string of the molecule is CC1(C)CC(=O)C2=C(C1)Nc1ncsc1C2. The van der Waals surface area contributed by atoms with E-state index in [9.17, 15) is 4.79 Å². The van der Waals surface area contributed by atoms with Crippen molar-refractivity contribution in [3.63, 3.8) is 0 Å². The van der Waals surface area contributed by atoms with Crippen LogP contribution in [-0.2, 0) is 11.2 Å². The van der Waals surface area contributed by atoms with Crippen molar-refractivity contribution in [2.45, 2.75) is 33.1 Å². The van der Waals surface area contributed by atoms with Crippen molar-refractivity contribution >= 4 is 22.9 Å². The van der Waals surface area contributed by atoms with E-state index >= 15 is 0 Å². The molecule has 0 fully saturated rings. The Morgan fingerprint density at radius 3 is 3.06 bits per heavy atom. The van der Waals surface area contributed by atoms with E-state index in [0.29, 0.717) is 12.2 Å². The Morgan fingerprint density at radius 2 is 2.25 bits per heavy atom. The van der Waals surface area contributed by atoms with Gasteiger partial charge in [0, 0.05) is 24.1 Å². The lowest BCUT2D eigenvalue weighted by atomic mass is 9.74. The Bertz CT molecular complexity index is 499. The second-order valence-electron chi connectivity index (χ2n) is 5.32. The summed E-state index contributed by atoms with van der Waals surface area (Å²) in [5, 5.41) is 3.32. The maximum absolute atomic E-state index is 12.1. The van der Waals surface area contributed by atoms with Crippen molar-refractivity contribution in [2.24, 2.45) is 5.41 Å². The first kappa shape index (κ1) is 10.0. The zero-order valence-electron chi connectivity index (χ0n) is 9.46. The predicted octanol–water partition coefficient (Wildman–Crippen LogP) is 2.75. The summed E-state index contributed by atoms with van der Waals surface area (Å²) in [5.74, 6) is 1.26. The minimum atomic E-state index is 0.0798. The highest BCUT2D eigenvalue weighted by Gasteiger charge is 2.35. The summed E-state index contributed by atoms with van der Waals surface area (Å²) in [4.78, 5) is 17.5. The van der Waals surface area contributed by atoms with Gasteiger partial charge in [0.15, 0.2) is 5.78 Å². The quantitative estimate of drug-likeness (QED) is 0.750. The van der Waals surface area contributed by atoms with Gasteiger partial charge < -0.3 is 5.32 Å².